The van der Waals surface area contributed by atoms with E-state index in [1.807, 2.05) is 14.0 Å². The molecule has 1 N–H and O–H groups in total. The summed E-state index contributed by atoms with van der Waals surface area (Å²) in [6.07, 6.45) is 4.22. The summed E-state index contributed by atoms with van der Waals surface area (Å²) in [5, 5.41) is 20.7. The molecule has 0 saturated carbocycles. The molecule has 2 heterocycles. The maximum Gasteiger partial charge on any atom is 0.239 e. The Kier molecular flexibility index (Phi) is 5.68. The molecule has 0 aliphatic rings. The summed E-state index contributed by atoms with van der Waals surface area (Å²) in [4.78, 5) is 12.3. The third-order valence-corrected chi connectivity index (χ3v) is 5.05. The molecule has 2 aromatic heterocycles. The molecule has 7 nitrogen and oxygen atoms in total. The first-order valence-corrected chi connectivity index (χ1v) is 8.47. The van der Waals surface area contributed by atoms with Gasteiger partial charge in [0.15, 0.2) is 5.16 Å². The second kappa shape index (κ2) is 7.51. The highest BCUT2D eigenvalue weighted by atomic mass is 32.2. The molecule has 0 aliphatic heterocycles. The van der Waals surface area contributed by atoms with E-state index in [1.54, 1.807) is 10.9 Å². The Labute approximate surface area is 131 Å². The molecular weight excluding hydrogens is 308 g/mol. The Balaban J connectivity index is 1.97. The van der Waals surface area contributed by atoms with E-state index in [0.29, 0.717) is 11.6 Å². The van der Waals surface area contributed by atoms with Crippen LogP contribution >= 0.6 is 23.1 Å². The summed E-state index contributed by atoms with van der Waals surface area (Å²) in [6.45, 7) is 4.06. The van der Waals surface area contributed by atoms with Gasteiger partial charge in [0, 0.05) is 13.5 Å². The van der Waals surface area contributed by atoms with Gasteiger partial charge in [0.2, 0.25) is 11.0 Å². The summed E-state index contributed by atoms with van der Waals surface area (Å²) in [6, 6.07) is 0. The number of anilines is 1. The van der Waals surface area contributed by atoms with Gasteiger partial charge in [0.25, 0.3) is 0 Å². The Morgan fingerprint density at radius 2 is 2.24 bits per heavy atom. The standard InChI is InChI=1S/C12H18N6OS2/c1-4-6-9-15-16-11(21-9)14-10(19)8(5-2)20-12-17-13-7-18(12)3/h7-8H,4-6H2,1-3H3,(H,14,16,19)/t8-/m0/s1. The Morgan fingerprint density at radius 3 is 2.86 bits per heavy atom. The largest absolute Gasteiger partial charge is 0.312 e. The molecule has 1 amide bonds. The number of nitrogens with one attached hydrogen (secondary N) is 1. The van der Waals surface area contributed by atoms with Crippen LogP contribution in [0.5, 0.6) is 0 Å². The predicted molar refractivity (Wildman–Crippen MR) is 83.5 cm³/mol. The number of nitrogens with zero attached hydrogens (tertiary/aromatic N) is 5. The van der Waals surface area contributed by atoms with E-state index in [2.05, 4.69) is 32.6 Å². The third kappa shape index (κ3) is 4.24. The fourth-order valence-electron chi connectivity index (χ4n) is 1.63. The summed E-state index contributed by atoms with van der Waals surface area (Å²) < 4.78 is 1.80. The summed E-state index contributed by atoms with van der Waals surface area (Å²) in [5.41, 5.74) is 0. The molecule has 0 saturated heterocycles. The van der Waals surface area contributed by atoms with E-state index in [0.717, 1.165) is 23.0 Å². The van der Waals surface area contributed by atoms with E-state index in [4.69, 9.17) is 0 Å². The second-order valence-corrected chi connectivity index (χ2v) is 6.71. The average Bonchev–Trinajstić information content (AvgIpc) is 3.06. The van der Waals surface area contributed by atoms with Crippen LogP contribution in [0.4, 0.5) is 5.13 Å². The van der Waals surface area contributed by atoms with E-state index in [9.17, 15) is 4.79 Å². The van der Waals surface area contributed by atoms with Crippen molar-refractivity contribution in [1.29, 1.82) is 0 Å². The lowest BCUT2D eigenvalue weighted by molar-refractivity contribution is -0.115. The van der Waals surface area contributed by atoms with E-state index in [-0.39, 0.29) is 11.2 Å². The lowest BCUT2D eigenvalue weighted by atomic mass is 10.3. The van der Waals surface area contributed by atoms with Crippen LogP contribution in [0.15, 0.2) is 11.5 Å². The molecule has 0 aromatic carbocycles. The van der Waals surface area contributed by atoms with Crippen molar-refractivity contribution in [3.63, 3.8) is 0 Å². The molecule has 0 radical (unpaired) electrons. The molecule has 21 heavy (non-hydrogen) atoms. The Morgan fingerprint density at radius 1 is 1.43 bits per heavy atom. The number of aryl methyl sites for hydroxylation is 2. The number of carbonyl (C=O) groups is 1. The quantitative estimate of drug-likeness (QED) is 0.785. The number of aromatic nitrogens is 5. The zero-order valence-electron chi connectivity index (χ0n) is 12.2. The lowest BCUT2D eigenvalue weighted by Crippen LogP contribution is -2.24. The van der Waals surface area contributed by atoms with Crippen LogP contribution in [-0.2, 0) is 18.3 Å². The minimum atomic E-state index is -0.230. The predicted octanol–water partition coefficient (Wildman–Crippen LogP) is 2.13. The van der Waals surface area contributed by atoms with Gasteiger partial charge in [-0.25, -0.2) is 0 Å². The second-order valence-electron chi connectivity index (χ2n) is 4.48. The maximum absolute atomic E-state index is 12.3. The van der Waals surface area contributed by atoms with Gasteiger partial charge in [-0.15, -0.1) is 20.4 Å². The topological polar surface area (TPSA) is 85.6 Å². The fourth-order valence-corrected chi connectivity index (χ4v) is 3.37. The lowest BCUT2D eigenvalue weighted by Gasteiger charge is -2.12. The van der Waals surface area contributed by atoms with Gasteiger partial charge in [-0.2, -0.15) is 0 Å². The first-order valence-electron chi connectivity index (χ1n) is 6.77. The molecule has 0 unspecified atom stereocenters. The highest BCUT2D eigenvalue weighted by molar-refractivity contribution is 8.00. The number of carbonyl (C=O) groups excluding carboxylic acids is 1. The van der Waals surface area contributed by atoms with Gasteiger partial charge in [-0.1, -0.05) is 36.9 Å². The smallest absolute Gasteiger partial charge is 0.239 e. The normalized spacial score (nSPS) is 12.3. The number of hydrogen-bond donors (Lipinski definition) is 1. The van der Waals surface area contributed by atoms with Crippen molar-refractivity contribution in [2.75, 3.05) is 5.32 Å². The summed E-state index contributed by atoms with van der Waals surface area (Å²) in [7, 11) is 1.86. The van der Waals surface area contributed by atoms with Crippen LogP contribution in [0.2, 0.25) is 0 Å². The molecule has 9 heteroatoms. The van der Waals surface area contributed by atoms with Crippen molar-refractivity contribution in [1.82, 2.24) is 25.0 Å². The molecule has 1 atom stereocenters. The number of rotatable bonds is 7. The number of amides is 1. The Bertz CT molecular complexity index is 596. The van der Waals surface area contributed by atoms with Crippen LogP contribution in [0.1, 0.15) is 31.7 Å². The van der Waals surface area contributed by atoms with Crippen molar-refractivity contribution >= 4 is 34.1 Å². The van der Waals surface area contributed by atoms with Gasteiger partial charge >= 0.3 is 0 Å². The summed E-state index contributed by atoms with van der Waals surface area (Å²) >= 11 is 2.83. The van der Waals surface area contributed by atoms with Crippen LogP contribution in [0.25, 0.3) is 0 Å². The van der Waals surface area contributed by atoms with Crippen molar-refractivity contribution in [2.45, 2.75) is 43.5 Å². The van der Waals surface area contributed by atoms with Gasteiger partial charge in [-0.05, 0) is 12.8 Å². The molecule has 0 bridgehead atoms. The molecular formula is C12H18N6OS2. The summed E-state index contributed by atoms with van der Waals surface area (Å²) in [5.74, 6) is -0.0790. The zero-order chi connectivity index (χ0) is 15.2. The molecule has 2 aromatic rings. The monoisotopic (exact) mass is 326 g/mol. The van der Waals surface area contributed by atoms with Gasteiger partial charge in [0.05, 0.1) is 5.25 Å². The highest BCUT2D eigenvalue weighted by Crippen LogP contribution is 2.25. The minimum Gasteiger partial charge on any atom is -0.312 e. The van der Waals surface area contributed by atoms with Crippen LogP contribution in [0, 0.1) is 0 Å². The SMILES string of the molecule is CCCc1nnc(NC(=O)[C@H](CC)Sc2nncn2C)s1. The first-order chi connectivity index (χ1) is 10.1. The number of hydrogen-bond acceptors (Lipinski definition) is 7. The van der Waals surface area contributed by atoms with Gasteiger partial charge < -0.3 is 4.57 Å². The van der Waals surface area contributed by atoms with E-state index >= 15 is 0 Å². The van der Waals surface area contributed by atoms with Crippen molar-refractivity contribution < 1.29 is 4.79 Å². The van der Waals surface area contributed by atoms with Crippen molar-refractivity contribution in [3.05, 3.63) is 11.3 Å². The maximum atomic E-state index is 12.3. The average molecular weight is 326 g/mol. The molecule has 0 spiro atoms. The first kappa shape index (κ1) is 15.9. The van der Waals surface area contributed by atoms with Gasteiger partial charge in [-0.3, -0.25) is 10.1 Å². The molecule has 0 aliphatic carbocycles. The van der Waals surface area contributed by atoms with E-state index in [1.165, 1.54) is 23.1 Å². The zero-order valence-corrected chi connectivity index (χ0v) is 13.9. The van der Waals surface area contributed by atoms with Crippen molar-refractivity contribution in [3.8, 4) is 0 Å². The van der Waals surface area contributed by atoms with Gasteiger partial charge in [0.1, 0.15) is 11.3 Å². The fraction of sp³-hybridized carbons (Fsp3) is 0.583. The number of thioether (sulfide) groups is 1. The van der Waals surface area contributed by atoms with E-state index < -0.39 is 0 Å². The highest BCUT2D eigenvalue weighted by Gasteiger charge is 2.21. The van der Waals surface area contributed by atoms with Crippen LogP contribution < -0.4 is 5.32 Å². The van der Waals surface area contributed by atoms with Crippen LogP contribution in [0.3, 0.4) is 0 Å². The molecule has 2 rings (SSSR count). The van der Waals surface area contributed by atoms with Crippen molar-refractivity contribution in [2.24, 2.45) is 7.05 Å². The molecule has 0 fully saturated rings. The minimum absolute atomic E-state index is 0.0790. The molecule has 114 valence electrons. The Hall–Kier alpha value is -1.48. The third-order valence-electron chi connectivity index (χ3n) is 2.74. The van der Waals surface area contributed by atoms with Crippen LogP contribution in [-0.4, -0.2) is 36.1 Å².